The third kappa shape index (κ3) is 2.56. The van der Waals surface area contributed by atoms with Gasteiger partial charge in [0.05, 0.1) is 5.52 Å². The number of benzene rings is 2. The number of fused-ring (bicyclic) bond motifs is 1. The van der Waals surface area contributed by atoms with E-state index in [1.807, 2.05) is 30.5 Å². The highest BCUT2D eigenvalue weighted by atomic mass is 35.5. The minimum Gasteiger partial charge on any atom is -0.381 e. The Hall–Kier alpha value is -2.00. The summed E-state index contributed by atoms with van der Waals surface area (Å²) in [6, 6.07) is 12.5. The molecule has 2 nitrogen and oxygen atoms in total. The summed E-state index contributed by atoms with van der Waals surface area (Å²) in [5.74, 6) is -0.340. The van der Waals surface area contributed by atoms with E-state index < -0.39 is 0 Å². The number of aromatic nitrogens is 1. The zero-order valence-corrected chi connectivity index (χ0v) is 10.8. The molecule has 0 amide bonds. The summed E-state index contributed by atoms with van der Waals surface area (Å²) in [5.41, 5.74) is 2.90. The lowest BCUT2D eigenvalue weighted by Gasteiger charge is -2.08. The maximum absolute atomic E-state index is 13.2. The number of nitrogens with one attached hydrogen (secondary N) is 2. The van der Waals surface area contributed by atoms with Gasteiger partial charge in [0.1, 0.15) is 5.82 Å². The Labute approximate surface area is 115 Å². The number of hydrogen-bond donors (Lipinski definition) is 2. The summed E-state index contributed by atoms with van der Waals surface area (Å²) in [5, 5.41) is 4.73. The Balaban J connectivity index is 1.84. The molecule has 1 heterocycles. The summed E-state index contributed by atoms with van der Waals surface area (Å²) in [6.45, 7) is 0.609. The number of hydrogen-bond acceptors (Lipinski definition) is 1. The van der Waals surface area contributed by atoms with E-state index in [9.17, 15) is 4.39 Å². The molecule has 0 aliphatic rings. The van der Waals surface area contributed by atoms with Gasteiger partial charge in [0.2, 0.25) is 0 Å². The number of H-pyrrole nitrogens is 1. The van der Waals surface area contributed by atoms with E-state index >= 15 is 0 Å². The Kier molecular flexibility index (Phi) is 3.13. The highest BCUT2D eigenvalue weighted by Crippen LogP contribution is 2.21. The second-order valence-electron chi connectivity index (χ2n) is 4.37. The van der Waals surface area contributed by atoms with Gasteiger partial charge in [-0.15, -0.1) is 0 Å². The van der Waals surface area contributed by atoms with E-state index in [4.69, 9.17) is 11.6 Å². The molecule has 0 unspecified atom stereocenters. The normalized spacial score (nSPS) is 10.8. The van der Waals surface area contributed by atoms with Gasteiger partial charge in [0.15, 0.2) is 0 Å². The van der Waals surface area contributed by atoms with Crippen LogP contribution in [0, 0.1) is 5.82 Å². The second-order valence-corrected chi connectivity index (χ2v) is 4.81. The topological polar surface area (TPSA) is 27.8 Å². The average molecular weight is 275 g/mol. The molecular weight excluding hydrogens is 263 g/mol. The minimum atomic E-state index is -0.340. The molecule has 0 aliphatic carbocycles. The quantitative estimate of drug-likeness (QED) is 0.719. The van der Waals surface area contributed by atoms with E-state index in [1.165, 1.54) is 12.1 Å². The van der Waals surface area contributed by atoms with E-state index in [0.29, 0.717) is 17.3 Å². The van der Waals surface area contributed by atoms with Gasteiger partial charge in [-0.25, -0.2) is 4.39 Å². The van der Waals surface area contributed by atoms with Gasteiger partial charge in [-0.05, 0) is 35.2 Å². The molecular formula is C15H12ClFN2. The molecule has 2 N–H and O–H groups in total. The van der Waals surface area contributed by atoms with Crippen molar-refractivity contribution in [2.75, 3.05) is 5.32 Å². The lowest BCUT2D eigenvalue weighted by atomic mass is 10.1. The zero-order chi connectivity index (χ0) is 13.2. The van der Waals surface area contributed by atoms with Gasteiger partial charge in [0, 0.05) is 23.5 Å². The number of rotatable bonds is 3. The van der Waals surface area contributed by atoms with E-state index in [2.05, 4.69) is 10.3 Å². The number of halogens is 2. The van der Waals surface area contributed by atoms with Gasteiger partial charge >= 0.3 is 0 Å². The van der Waals surface area contributed by atoms with Gasteiger partial charge in [0.25, 0.3) is 0 Å². The van der Waals surface area contributed by atoms with Crippen molar-refractivity contribution in [3.8, 4) is 0 Å². The fourth-order valence-electron chi connectivity index (χ4n) is 2.15. The van der Waals surface area contributed by atoms with Crippen LogP contribution in [0.25, 0.3) is 10.9 Å². The van der Waals surface area contributed by atoms with Crippen LogP contribution >= 0.6 is 11.6 Å². The first kappa shape index (κ1) is 12.1. The van der Waals surface area contributed by atoms with E-state index in [-0.39, 0.29) is 5.82 Å². The molecule has 3 rings (SSSR count). The maximum Gasteiger partial charge on any atom is 0.126 e. The van der Waals surface area contributed by atoms with E-state index in [1.54, 1.807) is 6.07 Å². The summed E-state index contributed by atoms with van der Waals surface area (Å²) in [4.78, 5) is 3.21. The third-order valence-corrected chi connectivity index (χ3v) is 3.24. The van der Waals surface area contributed by atoms with Crippen LogP contribution in [-0.2, 0) is 6.54 Å². The van der Waals surface area contributed by atoms with Crippen molar-refractivity contribution in [2.45, 2.75) is 6.54 Å². The average Bonchev–Trinajstić information content (AvgIpc) is 2.83. The van der Waals surface area contributed by atoms with Crippen LogP contribution in [0.15, 0.2) is 48.7 Å². The van der Waals surface area contributed by atoms with Gasteiger partial charge in [-0.3, -0.25) is 0 Å². The summed E-state index contributed by atoms with van der Waals surface area (Å²) >= 11 is 5.82. The smallest absolute Gasteiger partial charge is 0.126 e. The predicted molar refractivity (Wildman–Crippen MR) is 77.0 cm³/mol. The molecule has 0 saturated heterocycles. The maximum atomic E-state index is 13.2. The summed E-state index contributed by atoms with van der Waals surface area (Å²) in [6.07, 6.45) is 1.91. The van der Waals surface area contributed by atoms with Crippen molar-refractivity contribution in [3.63, 3.8) is 0 Å². The Morgan fingerprint density at radius 3 is 2.89 bits per heavy atom. The molecule has 3 aromatic rings. The van der Waals surface area contributed by atoms with Crippen molar-refractivity contribution < 1.29 is 4.39 Å². The van der Waals surface area contributed by atoms with Crippen LogP contribution in [0.4, 0.5) is 10.1 Å². The molecule has 4 heteroatoms. The van der Waals surface area contributed by atoms with Crippen LogP contribution in [0.3, 0.4) is 0 Å². The molecule has 2 aromatic carbocycles. The molecule has 0 saturated carbocycles. The summed E-state index contributed by atoms with van der Waals surface area (Å²) < 4.78 is 13.2. The first-order valence-corrected chi connectivity index (χ1v) is 6.35. The molecule has 0 fully saturated rings. The van der Waals surface area contributed by atoms with Crippen molar-refractivity contribution in [3.05, 3.63) is 65.1 Å². The summed E-state index contributed by atoms with van der Waals surface area (Å²) in [7, 11) is 0. The third-order valence-electron chi connectivity index (χ3n) is 3.02. The molecule has 0 radical (unpaired) electrons. The van der Waals surface area contributed by atoms with Crippen molar-refractivity contribution in [1.82, 2.24) is 4.98 Å². The van der Waals surface area contributed by atoms with Gasteiger partial charge < -0.3 is 10.3 Å². The number of para-hydroxylation sites is 1. The minimum absolute atomic E-state index is 0.340. The zero-order valence-electron chi connectivity index (χ0n) is 10.1. The first-order valence-electron chi connectivity index (χ1n) is 5.97. The molecule has 0 aliphatic heterocycles. The SMILES string of the molecule is Fc1cc(Cl)cc(NCc2cccc3cc[nH]c23)c1. The molecule has 1 aromatic heterocycles. The first-order chi connectivity index (χ1) is 9.22. The molecule has 19 heavy (non-hydrogen) atoms. The number of anilines is 1. The molecule has 0 bridgehead atoms. The highest BCUT2D eigenvalue weighted by molar-refractivity contribution is 6.30. The molecule has 0 spiro atoms. The van der Waals surface area contributed by atoms with Gasteiger partial charge in [-0.2, -0.15) is 0 Å². The van der Waals surface area contributed by atoms with Crippen LogP contribution in [0.2, 0.25) is 5.02 Å². The van der Waals surface area contributed by atoms with Crippen LogP contribution < -0.4 is 5.32 Å². The van der Waals surface area contributed by atoms with Crippen molar-refractivity contribution in [1.29, 1.82) is 0 Å². The van der Waals surface area contributed by atoms with Crippen LogP contribution in [-0.4, -0.2) is 4.98 Å². The lowest BCUT2D eigenvalue weighted by Crippen LogP contribution is -2.00. The fraction of sp³-hybridized carbons (Fsp3) is 0.0667. The standard InChI is InChI=1S/C15H12ClFN2/c16-12-6-13(17)8-14(7-12)19-9-11-3-1-2-10-4-5-18-15(10)11/h1-8,18-19H,9H2. The lowest BCUT2D eigenvalue weighted by molar-refractivity contribution is 0.628. The van der Waals surface area contributed by atoms with Crippen molar-refractivity contribution in [2.24, 2.45) is 0 Å². The predicted octanol–water partition coefficient (Wildman–Crippen LogP) is 4.57. The molecule has 96 valence electrons. The van der Waals surface area contributed by atoms with Crippen LogP contribution in [0.1, 0.15) is 5.56 Å². The monoisotopic (exact) mass is 274 g/mol. The Morgan fingerprint density at radius 2 is 2.05 bits per heavy atom. The van der Waals surface area contributed by atoms with Gasteiger partial charge in [-0.1, -0.05) is 29.8 Å². The Morgan fingerprint density at radius 1 is 1.16 bits per heavy atom. The second kappa shape index (κ2) is 4.94. The Bertz CT molecular complexity index is 701. The fourth-order valence-corrected chi connectivity index (χ4v) is 2.37. The van der Waals surface area contributed by atoms with E-state index in [0.717, 1.165) is 16.5 Å². The largest absolute Gasteiger partial charge is 0.381 e. The van der Waals surface area contributed by atoms with Crippen molar-refractivity contribution >= 4 is 28.2 Å². The molecule has 0 atom stereocenters. The van der Waals surface area contributed by atoms with Crippen LogP contribution in [0.5, 0.6) is 0 Å². The number of aromatic amines is 1. The highest BCUT2D eigenvalue weighted by Gasteiger charge is 2.03.